The Kier molecular flexibility index (Phi) is 2.84. The summed E-state index contributed by atoms with van der Waals surface area (Å²) >= 11 is 5.71. The van der Waals surface area contributed by atoms with Gasteiger partial charge in [-0.3, -0.25) is 0 Å². The first-order chi connectivity index (χ1) is 4.33. The highest BCUT2D eigenvalue weighted by Crippen LogP contribution is 2.28. The zero-order valence-electron chi connectivity index (χ0n) is 5.78. The van der Waals surface area contributed by atoms with Crippen LogP contribution in [0.25, 0.3) is 0 Å². The first-order valence-electron chi connectivity index (χ1n) is 3.72. The molecule has 1 heteroatoms. The average Bonchev–Trinajstić information content (AvgIpc) is 1.90. The lowest BCUT2D eigenvalue weighted by molar-refractivity contribution is 0.332. The Morgan fingerprint density at radius 3 is 2.22 bits per heavy atom. The van der Waals surface area contributed by atoms with Crippen molar-refractivity contribution < 1.29 is 0 Å². The van der Waals surface area contributed by atoms with Crippen molar-refractivity contribution >= 4 is 11.6 Å². The smallest absolute Gasteiger partial charge is 0.0251 e. The van der Waals surface area contributed by atoms with Gasteiger partial charge in [0.1, 0.15) is 0 Å². The molecule has 0 atom stereocenters. The number of alkyl halides is 1. The SMILES string of the molecule is [CH2]C1CCC(CCl)CC1. The molecule has 0 heterocycles. The van der Waals surface area contributed by atoms with Crippen LogP contribution in [0.3, 0.4) is 0 Å². The normalized spacial score (nSPS) is 36.7. The minimum absolute atomic E-state index is 0.712. The van der Waals surface area contributed by atoms with Gasteiger partial charge in [-0.25, -0.2) is 0 Å². The molecule has 0 N–H and O–H groups in total. The van der Waals surface area contributed by atoms with E-state index in [9.17, 15) is 0 Å². The van der Waals surface area contributed by atoms with Crippen LogP contribution in [0.4, 0.5) is 0 Å². The first-order valence-corrected chi connectivity index (χ1v) is 4.25. The Hall–Kier alpha value is 0.290. The Bertz CT molecular complexity index is 72.6. The molecule has 1 fully saturated rings. The number of halogens is 1. The van der Waals surface area contributed by atoms with Crippen LogP contribution >= 0.6 is 11.6 Å². The Balaban J connectivity index is 2.18. The highest BCUT2D eigenvalue weighted by Gasteiger charge is 2.16. The van der Waals surface area contributed by atoms with E-state index in [1.807, 2.05) is 0 Å². The second kappa shape index (κ2) is 3.46. The maximum atomic E-state index is 5.71. The third-order valence-electron chi connectivity index (χ3n) is 2.18. The standard InChI is InChI=1S/C8H14Cl/c1-7-2-4-8(6-9)5-3-7/h7-8H,1-6H2. The molecule has 1 aliphatic carbocycles. The minimum atomic E-state index is 0.712. The van der Waals surface area contributed by atoms with Gasteiger partial charge in [-0.05, 0) is 24.7 Å². The number of hydrogen-bond donors (Lipinski definition) is 0. The van der Waals surface area contributed by atoms with Crippen molar-refractivity contribution in [1.29, 1.82) is 0 Å². The van der Waals surface area contributed by atoms with Crippen LogP contribution in [0.15, 0.2) is 0 Å². The molecule has 0 amide bonds. The van der Waals surface area contributed by atoms with Crippen LogP contribution in [0.5, 0.6) is 0 Å². The molecule has 1 radical (unpaired) electrons. The third-order valence-corrected chi connectivity index (χ3v) is 2.62. The van der Waals surface area contributed by atoms with E-state index in [-0.39, 0.29) is 0 Å². The second-order valence-electron chi connectivity index (χ2n) is 3.04. The highest BCUT2D eigenvalue weighted by atomic mass is 35.5. The predicted molar refractivity (Wildman–Crippen MR) is 41.5 cm³/mol. The van der Waals surface area contributed by atoms with Crippen molar-refractivity contribution in [3.63, 3.8) is 0 Å². The summed E-state index contributed by atoms with van der Waals surface area (Å²) in [4.78, 5) is 0. The zero-order valence-corrected chi connectivity index (χ0v) is 6.53. The lowest BCUT2D eigenvalue weighted by Gasteiger charge is -2.23. The Morgan fingerprint density at radius 2 is 1.78 bits per heavy atom. The van der Waals surface area contributed by atoms with Crippen molar-refractivity contribution in [2.45, 2.75) is 25.7 Å². The van der Waals surface area contributed by atoms with Gasteiger partial charge < -0.3 is 0 Å². The fourth-order valence-corrected chi connectivity index (χ4v) is 1.69. The van der Waals surface area contributed by atoms with E-state index in [1.165, 1.54) is 25.7 Å². The predicted octanol–water partition coefficient (Wildman–Crippen LogP) is 2.87. The highest BCUT2D eigenvalue weighted by molar-refractivity contribution is 6.18. The van der Waals surface area contributed by atoms with Gasteiger partial charge in [0.2, 0.25) is 0 Å². The molecule has 0 aromatic carbocycles. The molecule has 0 saturated heterocycles. The van der Waals surface area contributed by atoms with Crippen LogP contribution < -0.4 is 0 Å². The molecule has 1 saturated carbocycles. The van der Waals surface area contributed by atoms with E-state index in [1.54, 1.807) is 0 Å². The van der Waals surface area contributed by atoms with Crippen molar-refractivity contribution in [2.75, 3.05) is 5.88 Å². The van der Waals surface area contributed by atoms with Crippen molar-refractivity contribution in [2.24, 2.45) is 11.8 Å². The molecule has 0 aromatic heterocycles. The maximum absolute atomic E-state index is 5.71. The van der Waals surface area contributed by atoms with E-state index >= 15 is 0 Å². The van der Waals surface area contributed by atoms with Gasteiger partial charge in [-0.15, -0.1) is 11.6 Å². The Labute approximate surface area is 62.6 Å². The maximum Gasteiger partial charge on any atom is 0.0251 e. The summed E-state index contributed by atoms with van der Waals surface area (Å²) in [6, 6.07) is 0. The van der Waals surface area contributed by atoms with E-state index < -0.39 is 0 Å². The summed E-state index contributed by atoms with van der Waals surface area (Å²) in [6.07, 6.45) is 5.18. The van der Waals surface area contributed by atoms with Gasteiger partial charge >= 0.3 is 0 Å². The number of hydrogen-bond acceptors (Lipinski definition) is 0. The van der Waals surface area contributed by atoms with Crippen molar-refractivity contribution in [3.8, 4) is 0 Å². The molecule has 0 spiro atoms. The molecular formula is C8H14Cl. The summed E-state index contributed by atoms with van der Waals surface area (Å²) in [6.45, 7) is 4.02. The van der Waals surface area contributed by atoms with E-state index in [0.29, 0.717) is 5.92 Å². The van der Waals surface area contributed by atoms with Gasteiger partial charge in [-0.2, -0.15) is 0 Å². The van der Waals surface area contributed by atoms with Crippen molar-refractivity contribution in [3.05, 3.63) is 6.92 Å². The van der Waals surface area contributed by atoms with Gasteiger partial charge in [0.25, 0.3) is 0 Å². The first kappa shape index (κ1) is 7.40. The van der Waals surface area contributed by atoms with E-state index in [2.05, 4.69) is 6.92 Å². The van der Waals surface area contributed by atoms with Crippen LogP contribution in [0.1, 0.15) is 25.7 Å². The summed E-state index contributed by atoms with van der Waals surface area (Å²) in [5, 5.41) is 0. The lowest BCUT2D eigenvalue weighted by atomic mass is 9.84. The van der Waals surface area contributed by atoms with Crippen LogP contribution in [0, 0.1) is 18.8 Å². The topological polar surface area (TPSA) is 0 Å². The molecule has 0 bridgehead atoms. The summed E-state index contributed by atoms with van der Waals surface area (Å²) < 4.78 is 0. The summed E-state index contributed by atoms with van der Waals surface area (Å²) in [5.74, 6) is 2.36. The van der Waals surface area contributed by atoms with Gasteiger partial charge in [0.05, 0.1) is 0 Å². The lowest BCUT2D eigenvalue weighted by Crippen LogP contribution is -2.13. The Morgan fingerprint density at radius 1 is 1.22 bits per heavy atom. The monoisotopic (exact) mass is 145 g/mol. The summed E-state index contributed by atoms with van der Waals surface area (Å²) in [7, 11) is 0. The fraction of sp³-hybridized carbons (Fsp3) is 0.875. The molecular weight excluding hydrogens is 132 g/mol. The van der Waals surface area contributed by atoms with Crippen LogP contribution in [0.2, 0.25) is 0 Å². The largest absolute Gasteiger partial charge is 0.126 e. The second-order valence-corrected chi connectivity index (χ2v) is 3.35. The average molecular weight is 146 g/mol. The summed E-state index contributed by atoms with van der Waals surface area (Å²) in [5.41, 5.74) is 0. The van der Waals surface area contributed by atoms with Crippen molar-refractivity contribution in [1.82, 2.24) is 0 Å². The number of rotatable bonds is 1. The molecule has 53 valence electrons. The van der Waals surface area contributed by atoms with Gasteiger partial charge in [0, 0.05) is 5.88 Å². The third kappa shape index (κ3) is 2.17. The van der Waals surface area contributed by atoms with Crippen LogP contribution in [-0.2, 0) is 0 Å². The zero-order chi connectivity index (χ0) is 6.69. The quantitative estimate of drug-likeness (QED) is 0.498. The molecule has 0 nitrogen and oxygen atoms in total. The molecule has 0 aliphatic heterocycles. The fourth-order valence-electron chi connectivity index (χ4n) is 1.39. The van der Waals surface area contributed by atoms with Gasteiger partial charge in [0.15, 0.2) is 0 Å². The molecule has 1 aliphatic rings. The minimum Gasteiger partial charge on any atom is -0.126 e. The van der Waals surface area contributed by atoms with E-state index in [0.717, 1.165) is 11.8 Å². The van der Waals surface area contributed by atoms with Gasteiger partial charge in [-0.1, -0.05) is 19.8 Å². The molecule has 9 heavy (non-hydrogen) atoms. The molecule has 0 unspecified atom stereocenters. The van der Waals surface area contributed by atoms with E-state index in [4.69, 9.17) is 11.6 Å². The van der Waals surface area contributed by atoms with Crippen LogP contribution in [-0.4, -0.2) is 5.88 Å². The molecule has 0 aromatic rings. The molecule has 1 rings (SSSR count).